The number of hydrogen-bond acceptors (Lipinski definition) is 5. The monoisotopic (exact) mass is 387 g/mol. The maximum atomic E-state index is 5.46. The van der Waals surface area contributed by atoms with Gasteiger partial charge in [0.25, 0.3) is 0 Å². The summed E-state index contributed by atoms with van der Waals surface area (Å²) in [7, 11) is 1.81. The maximum absolute atomic E-state index is 5.46. The summed E-state index contributed by atoms with van der Waals surface area (Å²) >= 11 is 1.85. The lowest BCUT2D eigenvalue weighted by Gasteiger charge is -2.29. The molecule has 0 saturated carbocycles. The van der Waals surface area contributed by atoms with E-state index in [2.05, 4.69) is 57.6 Å². The van der Waals surface area contributed by atoms with Crippen LogP contribution in [0.4, 0.5) is 5.82 Å². The van der Waals surface area contributed by atoms with Gasteiger partial charge in [0.05, 0.1) is 13.2 Å². The Morgan fingerprint density at radius 3 is 2.85 bits per heavy atom. The fraction of sp³-hybridized carbons (Fsp3) is 0.500. The fourth-order valence-electron chi connectivity index (χ4n) is 3.18. The number of pyridine rings is 1. The van der Waals surface area contributed by atoms with Gasteiger partial charge in [-0.3, -0.25) is 4.99 Å². The van der Waals surface area contributed by atoms with Gasteiger partial charge in [-0.2, -0.15) is 0 Å². The largest absolute Gasteiger partial charge is 0.378 e. The minimum atomic E-state index is 0.307. The highest BCUT2D eigenvalue weighted by Crippen LogP contribution is 2.18. The van der Waals surface area contributed by atoms with Gasteiger partial charge in [-0.05, 0) is 32.0 Å². The van der Waals surface area contributed by atoms with Crippen molar-refractivity contribution < 1.29 is 4.74 Å². The second kappa shape index (κ2) is 9.71. The van der Waals surface area contributed by atoms with Gasteiger partial charge in [-0.25, -0.2) is 4.98 Å². The summed E-state index contributed by atoms with van der Waals surface area (Å²) in [5.74, 6) is 1.85. The molecule has 6 nitrogen and oxygen atoms in total. The van der Waals surface area contributed by atoms with Gasteiger partial charge in [0.2, 0.25) is 0 Å². The predicted octanol–water partition coefficient (Wildman–Crippen LogP) is 2.58. The average molecular weight is 388 g/mol. The maximum Gasteiger partial charge on any atom is 0.191 e. The van der Waals surface area contributed by atoms with Crippen LogP contribution in [0.15, 0.2) is 35.5 Å². The molecule has 1 fully saturated rings. The van der Waals surface area contributed by atoms with Crippen LogP contribution in [0.3, 0.4) is 0 Å². The van der Waals surface area contributed by atoms with E-state index in [4.69, 9.17) is 4.74 Å². The van der Waals surface area contributed by atoms with Gasteiger partial charge in [0.15, 0.2) is 5.96 Å². The summed E-state index contributed by atoms with van der Waals surface area (Å²) in [5.41, 5.74) is 1.17. The summed E-state index contributed by atoms with van der Waals surface area (Å²) in [6, 6.07) is 8.80. The van der Waals surface area contributed by atoms with Crippen molar-refractivity contribution in [2.45, 2.75) is 32.9 Å². The molecule has 2 N–H and O–H groups in total. The highest BCUT2D eigenvalue weighted by atomic mass is 32.1. The van der Waals surface area contributed by atoms with Crippen LogP contribution in [0.25, 0.3) is 0 Å². The van der Waals surface area contributed by atoms with Crippen molar-refractivity contribution in [3.63, 3.8) is 0 Å². The zero-order valence-corrected chi connectivity index (χ0v) is 17.2. The van der Waals surface area contributed by atoms with E-state index in [0.29, 0.717) is 12.6 Å². The van der Waals surface area contributed by atoms with E-state index in [1.165, 1.54) is 15.3 Å². The second-order valence-electron chi connectivity index (χ2n) is 6.77. The first kappa shape index (κ1) is 19.6. The van der Waals surface area contributed by atoms with Crippen LogP contribution in [0.5, 0.6) is 0 Å². The number of ether oxygens (including phenoxy) is 1. The molecule has 1 aliphatic rings. The molecule has 0 radical (unpaired) electrons. The van der Waals surface area contributed by atoms with Gasteiger partial charge >= 0.3 is 0 Å². The zero-order valence-electron chi connectivity index (χ0n) is 16.4. The molecular weight excluding hydrogens is 358 g/mol. The fourth-order valence-corrected chi connectivity index (χ4v) is 4.20. The number of rotatable bonds is 6. The van der Waals surface area contributed by atoms with Crippen molar-refractivity contribution in [1.29, 1.82) is 0 Å². The van der Waals surface area contributed by atoms with Crippen molar-refractivity contribution in [2.24, 2.45) is 4.99 Å². The molecule has 0 bridgehead atoms. The zero-order chi connectivity index (χ0) is 19.1. The van der Waals surface area contributed by atoms with Crippen LogP contribution in [-0.2, 0) is 17.7 Å². The van der Waals surface area contributed by atoms with Gasteiger partial charge < -0.3 is 20.3 Å². The van der Waals surface area contributed by atoms with E-state index in [1.54, 1.807) is 0 Å². The highest BCUT2D eigenvalue weighted by Gasteiger charge is 2.16. The van der Waals surface area contributed by atoms with Gasteiger partial charge in [-0.15, -0.1) is 11.3 Å². The topological polar surface area (TPSA) is 61.8 Å². The Morgan fingerprint density at radius 1 is 1.33 bits per heavy atom. The average Bonchev–Trinajstić information content (AvgIpc) is 3.10. The molecule has 27 heavy (non-hydrogen) atoms. The molecule has 146 valence electrons. The molecule has 2 aromatic heterocycles. The lowest BCUT2D eigenvalue weighted by Crippen LogP contribution is -2.43. The number of nitrogens with zero attached hydrogens (tertiary/aromatic N) is 3. The Bertz CT molecular complexity index is 754. The molecule has 1 atom stereocenters. The quantitative estimate of drug-likeness (QED) is 0.589. The Balaban J connectivity index is 1.56. The predicted molar refractivity (Wildman–Crippen MR) is 113 cm³/mol. The van der Waals surface area contributed by atoms with Crippen molar-refractivity contribution in [2.75, 3.05) is 38.3 Å². The van der Waals surface area contributed by atoms with Crippen LogP contribution in [0.1, 0.15) is 22.2 Å². The number of thiophene rings is 1. The van der Waals surface area contributed by atoms with Crippen LogP contribution in [0, 0.1) is 6.92 Å². The Morgan fingerprint density at radius 2 is 2.15 bits per heavy atom. The summed E-state index contributed by atoms with van der Waals surface area (Å²) in [5, 5.41) is 6.92. The van der Waals surface area contributed by atoms with Crippen LogP contribution in [0.2, 0.25) is 0 Å². The molecule has 1 aliphatic heterocycles. The third-order valence-electron chi connectivity index (χ3n) is 4.53. The first-order valence-electron chi connectivity index (χ1n) is 9.45. The van der Waals surface area contributed by atoms with Crippen molar-refractivity contribution in [3.05, 3.63) is 45.8 Å². The van der Waals surface area contributed by atoms with E-state index in [9.17, 15) is 0 Å². The molecular formula is C20H29N5OS. The lowest BCUT2D eigenvalue weighted by molar-refractivity contribution is 0.122. The molecule has 2 aromatic rings. The van der Waals surface area contributed by atoms with E-state index < -0.39 is 0 Å². The number of nitrogens with one attached hydrogen (secondary N) is 2. The Labute approximate surface area is 165 Å². The van der Waals surface area contributed by atoms with E-state index in [1.807, 2.05) is 30.6 Å². The van der Waals surface area contributed by atoms with E-state index in [-0.39, 0.29) is 0 Å². The normalized spacial score (nSPS) is 16.3. The number of anilines is 1. The number of hydrogen-bond donors (Lipinski definition) is 2. The molecule has 3 heterocycles. The van der Waals surface area contributed by atoms with E-state index in [0.717, 1.165) is 44.5 Å². The minimum absolute atomic E-state index is 0.307. The Kier molecular flexibility index (Phi) is 7.06. The first-order valence-corrected chi connectivity index (χ1v) is 10.3. The number of morpholine rings is 1. The molecule has 7 heteroatoms. The number of guanidine groups is 1. The standard InChI is InChI=1S/C20H29N5OS/c1-15(13-18-7-6-16(2)27-18)24-20(21-3)23-14-17-5-4-8-22-19(17)25-9-11-26-12-10-25/h4-8,15H,9-14H2,1-3H3,(H2,21,23,24). The molecule has 0 aromatic carbocycles. The second-order valence-corrected chi connectivity index (χ2v) is 8.15. The molecule has 1 unspecified atom stereocenters. The molecule has 3 rings (SSSR count). The molecule has 1 saturated heterocycles. The van der Waals surface area contributed by atoms with Crippen LogP contribution in [-0.4, -0.2) is 50.3 Å². The summed E-state index contributed by atoms with van der Waals surface area (Å²) in [6.45, 7) is 8.30. The number of aliphatic imine (C=N–C) groups is 1. The van der Waals surface area contributed by atoms with Crippen molar-refractivity contribution in [1.82, 2.24) is 15.6 Å². The van der Waals surface area contributed by atoms with Crippen molar-refractivity contribution >= 4 is 23.1 Å². The summed E-state index contributed by atoms with van der Waals surface area (Å²) in [6.07, 6.45) is 2.84. The highest BCUT2D eigenvalue weighted by molar-refractivity contribution is 7.11. The SMILES string of the molecule is CN=C(NCc1cccnc1N1CCOCC1)NC(C)Cc1ccc(C)s1. The molecule has 0 amide bonds. The first-order chi connectivity index (χ1) is 13.2. The third kappa shape index (κ3) is 5.68. The molecule has 0 spiro atoms. The van der Waals surface area contributed by atoms with E-state index >= 15 is 0 Å². The minimum Gasteiger partial charge on any atom is -0.378 e. The van der Waals surface area contributed by atoms with Gasteiger partial charge in [0, 0.05) is 60.7 Å². The van der Waals surface area contributed by atoms with Crippen LogP contribution < -0.4 is 15.5 Å². The van der Waals surface area contributed by atoms with Gasteiger partial charge in [0.1, 0.15) is 5.82 Å². The third-order valence-corrected chi connectivity index (χ3v) is 5.56. The number of aromatic nitrogens is 1. The lowest BCUT2D eigenvalue weighted by atomic mass is 10.2. The van der Waals surface area contributed by atoms with Crippen LogP contribution >= 0.6 is 11.3 Å². The summed E-state index contributed by atoms with van der Waals surface area (Å²) < 4.78 is 5.46. The van der Waals surface area contributed by atoms with Crippen molar-refractivity contribution in [3.8, 4) is 0 Å². The summed E-state index contributed by atoms with van der Waals surface area (Å²) in [4.78, 5) is 14.0. The van der Waals surface area contributed by atoms with Gasteiger partial charge in [-0.1, -0.05) is 6.07 Å². The Hall–Kier alpha value is -2.12. The smallest absolute Gasteiger partial charge is 0.191 e. The molecule has 0 aliphatic carbocycles. The number of aryl methyl sites for hydroxylation is 1.